The minimum atomic E-state index is -3.69. The predicted octanol–water partition coefficient (Wildman–Crippen LogP) is 4.45. The number of aromatic hydroxyl groups is 1. The predicted molar refractivity (Wildman–Crippen MR) is 114 cm³/mol. The molecule has 0 saturated heterocycles. The van der Waals surface area contributed by atoms with Crippen LogP contribution in [0.1, 0.15) is 25.0 Å². The smallest absolute Gasteiger partial charge is 0.206 e. The van der Waals surface area contributed by atoms with Gasteiger partial charge in [0.25, 0.3) is 0 Å². The van der Waals surface area contributed by atoms with E-state index in [4.69, 9.17) is 4.74 Å². The summed E-state index contributed by atoms with van der Waals surface area (Å²) in [7, 11) is -3.69. The van der Waals surface area contributed by atoms with Crippen LogP contribution in [0.5, 0.6) is 17.2 Å². The topological polar surface area (TPSA) is 83.8 Å². The van der Waals surface area contributed by atoms with Crippen LogP contribution < -0.4 is 4.74 Å². The minimum Gasteiger partial charge on any atom is -0.508 e. The van der Waals surface area contributed by atoms with Gasteiger partial charge in [0.15, 0.2) is 0 Å². The number of rotatable bonds is 4. The highest BCUT2D eigenvalue weighted by molar-refractivity contribution is 7.91. The first-order valence-electron chi connectivity index (χ1n) is 9.22. The monoisotopic (exact) mass is 422 g/mol. The molecule has 3 aromatic rings. The van der Waals surface area contributed by atoms with E-state index in [2.05, 4.69) is 11.8 Å². The van der Waals surface area contributed by atoms with Crippen LogP contribution in [-0.2, 0) is 9.84 Å². The Bertz CT molecular complexity index is 1210. The van der Waals surface area contributed by atoms with Crippen molar-refractivity contribution in [1.29, 1.82) is 0 Å². The number of sulfone groups is 1. The molecule has 0 aromatic heterocycles. The van der Waals surface area contributed by atoms with Crippen molar-refractivity contribution < 1.29 is 23.4 Å². The summed E-state index contributed by atoms with van der Waals surface area (Å²) in [6, 6.07) is 17.0. The van der Waals surface area contributed by atoms with Gasteiger partial charge >= 0.3 is 0 Å². The normalized spacial score (nSPS) is 11.5. The molecule has 0 saturated carbocycles. The van der Waals surface area contributed by atoms with Gasteiger partial charge in [-0.05, 0) is 93.1 Å². The molecule has 0 aliphatic rings. The fraction of sp³-hybridized carbons (Fsp3) is 0.167. The van der Waals surface area contributed by atoms with E-state index in [0.717, 1.165) is 5.56 Å². The Morgan fingerprint density at radius 1 is 0.867 bits per heavy atom. The molecule has 0 aliphatic carbocycles. The van der Waals surface area contributed by atoms with Gasteiger partial charge in [0.1, 0.15) is 22.8 Å². The average molecular weight is 423 g/mol. The van der Waals surface area contributed by atoms with Crippen LogP contribution in [0.15, 0.2) is 76.5 Å². The van der Waals surface area contributed by atoms with Gasteiger partial charge in [-0.1, -0.05) is 11.8 Å². The van der Waals surface area contributed by atoms with E-state index in [1.54, 1.807) is 32.0 Å². The quantitative estimate of drug-likeness (QED) is 0.607. The molecule has 2 N–H and O–H groups in total. The summed E-state index contributed by atoms with van der Waals surface area (Å²) in [5.41, 5.74) is 0.557. The molecule has 0 fully saturated rings. The fourth-order valence-electron chi connectivity index (χ4n) is 2.69. The van der Waals surface area contributed by atoms with E-state index in [9.17, 15) is 18.6 Å². The van der Waals surface area contributed by atoms with Crippen LogP contribution >= 0.6 is 0 Å². The van der Waals surface area contributed by atoms with Crippen molar-refractivity contribution >= 4 is 9.84 Å². The second-order valence-electron chi connectivity index (χ2n) is 7.41. The van der Waals surface area contributed by atoms with Crippen LogP contribution in [0.25, 0.3) is 0 Å². The Hall–Kier alpha value is -3.27. The summed E-state index contributed by atoms with van der Waals surface area (Å²) in [4.78, 5) is 0.226. The van der Waals surface area contributed by atoms with Crippen molar-refractivity contribution in [3.05, 3.63) is 77.9 Å². The largest absolute Gasteiger partial charge is 0.508 e. The molecule has 5 nitrogen and oxygen atoms in total. The summed E-state index contributed by atoms with van der Waals surface area (Å²) in [5.74, 6) is 6.73. The van der Waals surface area contributed by atoms with Crippen LogP contribution in [-0.4, -0.2) is 24.2 Å². The molecule has 0 aliphatic heterocycles. The Morgan fingerprint density at radius 3 is 2.00 bits per heavy atom. The third kappa shape index (κ3) is 5.41. The van der Waals surface area contributed by atoms with Gasteiger partial charge in [-0.15, -0.1) is 0 Å². The molecule has 0 amide bonds. The van der Waals surface area contributed by atoms with Crippen molar-refractivity contribution in [2.24, 2.45) is 0 Å². The number of hydrogen-bond donors (Lipinski definition) is 2. The number of benzene rings is 3. The van der Waals surface area contributed by atoms with Crippen molar-refractivity contribution in [2.75, 3.05) is 0 Å². The van der Waals surface area contributed by atoms with Gasteiger partial charge in [0.2, 0.25) is 9.84 Å². The summed E-state index contributed by atoms with van der Waals surface area (Å²) in [5, 5.41) is 19.1. The minimum absolute atomic E-state index is 0.00228. The number of aliphatic hydroxyl groups is 1. The van der Waals surface area contributed by atoms with Crippen LogP contribution in [0.2, 0.25) is 0 Å². The first-order chi connectivity index (χ1) is 14.0. The second kappa shape index (κ2) is 8.23. The second-order valence-corrected chi connectivity index (χ2v) is 9.36. The van der Waals surface area contributed by atoms with Gasteiger partial charge in [-0.2, -0.15) is 0 Å². The average Bonchev–Trinajstić information content (AvgIpc) is 2.66. The summed E-state index contributed by atoms with van der Waals surface area (Å²) in [6.07, 6.45) is 0. The van der Waals surface area contributed by atoms with Gasteiger partial charge in [-0.3, -0.25) is 0 Å². The molecule has 0 spiro atoms. The molecular weight excluding hydrogens is 400 g/mol. The Balaban J connectivity index is 1.83. The number of hydrogen-bond acceptors (Lipinski definition) is 5. The van der Waals surface area contributed by atoms with E-state index >= 15 is 0 Å². The summed E-state index contributed by atoms with van der Waals surface area (Å²) in [6.45, 7) is 5.14. The van der Waals surface area contributed by atoms with Gasteiger partial charge in [-0.25, -0.2) is 8.42 Å². The standard InChI is InChI=1S/C24H22O5S/c1-17-14-18(12-13-24(2,3)26)16-21(15-17)29-20-6-10-23(11-7-20)30(27,28)22-8-4-19(25)5-9-22/h4-11,14-16,25-26H,1-3H3. The molecule has 30 heavy (non-hydrogen) atoms. The summed E-state index contributed by atoms with van der Waals surface area (Å²) < 4.78 is 31.3. The molecule has 3 rings (SSSR count). The lowest BCUT2D eigenvalue weighted by Gasteiger charge is -2.10. The maximum Gasteiger partial charge on any atom is 0.206 e. The maximum absolute atomic E-state index is 12.7. The molecule has 3 aromatic carbocycles. The van der Waals surface area contributed by atoms with Gasteiger partial charge in [0, 0.05) is 5.56 Å². The highest BCUT2D eigenvalue weighted by atomic mass is 32.2. The van der Waals surface area contributed by atoms with E-state index in [0.29, 0.717) is 17.1 Å². The fourth-order valence-corrected chi connectivity index (χ4v) is 3.95. The van der Waals surface area contributed by atoms with Crippen molar-refractivity contribution in [1.82, 2.24) is 0 Å². The molecule has 0 unspecified atom stereocenters. The van der Waals surface area contributed by atoms with E-state index in [-0.39, 0.29) is 15.5 Å². The zero-order valence-corrected chi connectivity index (χ0v) is 17.7. The molecule has 0 bridgehead atoms. The van der Waals surface area contributed by atoms with E-state index < -0.39 is 15.4 Å². The SMILES string of the molecule is Cc1cc(C#CC(C)(C)O)cc(Oc2ccc(S(=O)(=O)c3ccc(O)cc3)cc2)c1. The number of phenols is 1. The Kier molecular flexibility index (Phi) is 5.88. The lowest BCUT2D eigenvalue weighted by Crippen LogP contribution is -2.14. The maximum atomic E-state index is 12.7. The van der Waals surface area contributed by atoms with Crippen LogP contribution in [0, 0.1) is 18.8 Å². The summed E-state index contributed by atoms with van der Waals surface area (Å²) >= 11 is 0. The van der Waals surface area contributed by atoms with Gasteiger partial charge < -0.3 is 14.9 Å². The lowest BCUT2D eigenvalue weighted by molar-refractivity contribution is 0.143. The molecule has 0 radical (unpaired) electrons. The van der Waals surface area contributed by atoms with E-state index in [1.165, 1.54) is 36.4 Å². The van der Waals surface area contributed by atoms with Crippen LogP contribution in [0.4, 0.5) is 0 Å². The van der Waals surface area contributed by atoms with E-state index in [1.807, 2.05) is 19.1 Å². The highest BCUT2D eigenvalue weighted by Crippen LogP contribution is 2.28. The number of aryl methyl sites for hydroxylation is 1. The Labute approximate surface area is 176 Å². The zero-order chi connectivity index (χ0) is 21.9. The highest BCUT2D eigenvalue weighted by Gasteiger charge is 2.17. The molecule has 6 heteroatoms. The van der Waals surface area contributed by atoms with Crippen molar-refractivity contribution in [2.45, 2.75) is 36.2 Å². The lowest BCUT2D eigenvalue weighted by atomic mass is 10.1. The number of ether oxygens (including phenoxy) is 1. The number of phenolic OH excluding ortho intramolecular Hbond substituents is 1. The molecule has 154 valence electrons. The molecular formula is C24H22O5S. The third-order valence-corrected chi connectivity index (χ3v) is 5.87. The van der Waals surface area contributed by atoms with Gasteiger partial charge in [0.05, 0.1) is 9.79 Å². The Morgan fingerprint density at radius 2 is 1.43 bits per heavy atom. The zero-order valence-electron chi connectivity index (χ0n) is 16.9. The first kappa shape index (κ1) is 21.4. The van der Waals surface area contributed by atoms with Crippen LogP contribution in [0.3, 0.4) is 0 Å². The molecule has 0 atom stereocenters. The van der Waals surface area contributed by atoms with Crippen molar-refractivity contribution in [3.8, 4) is 29.1 Å². The van der Waals surface area contributed by atoms with Crippen molar-refractivity contribution in [3.63, 3.8) is 0 Å². The third-order valence-electron chi connectivity index (χ3n) is 4.08. The first-order valence-corrected chi connectivity index (χ1v) is 10.7. The molecule has 0 heterocycles.